The number of benzene rings is 3. The van der Waals surface area contributed by atoms with Crippen molar-refractivity contribution in [2.45, 2.75) is 29.5 Å². The third-order valence-electron chi connectivity index (χ3n) is 6.78. The molecule has 3 aromatic carbocycles. The quantitative estimate of drug-likeness (QED) is 0.0708. The molecular formula is C31H26ClN3O6S2. The molecule has 0 aliphatic carbocycles. The Balaban J connectivity index is 1.39. The van der Waals surface area contributed by atoms with Crippen LogP contribution in [0.25, 0.3) is 5.76 Å². The number of Topliss-reactive ketones (excluding diaryl/α,β-unsaturated/α-hetero) is 1. The minimum absolute atomic E-state index is 0.0695. The van der Waals surface area contributed by atoms with Gasteiger partial charge in [-0.25, -0.2) is 0 Å². The highest BCUT2D eigenvalue weighted by Crippen LogP contribution is 2.45. The van der Waals surface area contributed by atoms with E-state index < -0.39 is 17.7 Å². The first-order valence-electron chi connectivity index (χ1n) is 13.6. The summed E-state index contributed by atoms with van der Waals surface area (Å²) in [6.45, 7) is 3.29. The van der Waals surface area contributed by atoms with Crippen molar-refractivity contribution in [2.75, 3.05) is 24.7 Å². The molecule has 1 fully saturated rings. The van der Waals surface area contributed by atoms with Crippen LogP contribution in [0.2, 0.25) is 5.02 Å². The first kappa shape index (κ1) is 29.0. The number of rotatable bonds is 9. The minimum atomic E-state index is -0.972. The summed E-state index contributed by atoms with van der Waals surface area (Å²) in [5.74, 6) is 0.220. The van der Waals surface area contributed by atoms with Crippen molar-refractivity contribution in [2.24, 2.45) is 0 Å². The molecule has 1 aromatic heterocycles. The zero-order valence-corrected chi connectivity index (χ0v) is 25.4. The second-order valence-electron chi connectivity index (χ2n) is 9.71. The summed E-state index contributed by atoms with van der Waals surface area (Å²) in [6, 6.07) is 18.6. The molecule has 1 amide bonds. The van der Waals surface area contributed by atoms with E-state index in [-0.39, 0.29) is 16.5 Å². The average molecular weight is 636 g/mol. The van der Waals surface area contributed by atoms with Crippen molar-refractivity contribution in [3.8, 4) is 17.2 Å². The maximum Gasteiger partial charge on any atom is 0.301 e. The second kappa shape index (κ2) is 12.7. The van der Waals surface area contributed by atoms with Crippen LogP contribution in [0.3, 0.4) is 0 Å². The first-order valence-corrected chi connectivity index (χ1v) is 15.8. The van der Waals surface area contributed by atoms with Crippen LogP contribution in [0.4, 0.5) is 5.13 Å². The molecule has 0 unspecified atom stereocenters. The van der Waals surface area contributed by atoms with Crippen molar-refractivity contribution in [3.05, 3.63) is 94.0 Å². The Morgan fingerprint density at radius 1 is 1.07 bits per heavy atom. The van der Waals surface area contributed by atoms with E-state index in [4.69, 9.17) is 25.8 Å². The number of carbonyl (C=O) groups is 2. The van der Waals surface area contributed by atoms with Crippen LogP contribution in [-0.2, 0) is 15.3 Å². The van der Waals surface area contributed by atoms with E-state index >= 15 is 0 Å². The normalized spacial score (nSPS) is 17.3. The number of ketones is 1. The van der Waals surface area contributed by atoms with Gasteiger partial charge in [0.1, 0.15) is 24.7 Å². The van der Waals surface area contributed by atoms with Gasteiger partial charge in [-0.15, -0.1) is 10.2 Å². The number of carbonyl (C=O) groups excluding carboxylic acids is 2. The fourth-order valence-electron chi connectivity index (χ4n) is 4.77. The fourth-order valence-corrected chi connectivity index (χ4v) is 6.72. The maximum atomic E-state index is 13.6. The van der Waals surface area contributed by atoms with Crippen molar-refractivity contribution in [3.63, 3.8) is 0 Å². The highest BCUT2D eigenvalue weighted by atomic mass is 35.5. The van der Waals surface area contributed by atoms with Gasteiger partial charge in [0, 0.05) is 16.3 Å². The standard InChI is InChI=1S/C31H26ClN3O6S2/c1-2-12-39-22-5-3-4-19(15-22)26-25(27(36)20-8-11-23-24(16-20)41-14-13-40-23)28(37)29(38)35(26)30-33-34-31(43-30)42-17-18-6-9-21(32)10-7-18/h3-11,15-16,26,36H,2,12-14,17H2,1H3/b27-25+/t26-/m0/s1. The number of hydrogen-bond acceptors (Lipinski definition) is 10. The van der Waals surface area contributed by atoms with E-state index in [9.17, 15) is 14.7 Å². The van der Waals surface area contributed by atoms with E-state index in [1.165, 1.54) is 28.0 Å². The molecule has 3 heterocycles. The number of fused-ring (bicyclic) bond motifs is 1. The lowest BCUT2D eigenvalue weighted by Crippen LogP contribution is -2.29. The Morgan fingerprint density at radius 3 is 2.65 bits per heavy atom. The molecule has 1 atom stereocenters. The summed E-state index contributed by atoms with van der Waals surface area (Å²) in [4.78, 5) is 28.5. The Bertz CT molecular complexity index is 1710. The van der Waals surface area contributed by atoms with Gasteiger partial charge in [0.05, 0.1) is 18.2 Å². The number of amides is 1. The maximum absolute atomic E-state index is 13.6. The Hall–Kier alpha value is -4.06. The van der Waals surface area contributed by atoms with E-state index in [0.29, 0.717) is 63.3 Å². The number of ether oxygens (including phenoxy) is 3. The fraction of sp³-hybridized carbons (Fsp3) is 0.226. The van der Waals surface area contributed by atoms with Crippen LogP contribution in [0.15, 0.2) is 76.6 Å². The van der Waals surface area contributed by atoms with Gasteiger partial charge in [-0.05, 0) is 60.0 Å². The molecule has 0 radical (unpaired) electrons. The van der Waals surface area contributed by atoms with Gasteiger partial charge in [0.25, 0.3) is 5.78 Å². The van der Waals surface area contributed by atoms with Crippen LogP contribution >= 0.6 is 34.7 Å². The number of hydrogen-bond donors (Lipinski definition) is 1. The lowest BCUT2D eigenvalue weighted by Gasteiger charge is -2.23. The van der Waals surface area contributed by atoms with E-state index in [1.807, 2.05) is 37.3 Å². The number of nitrogens with zero attached hydrogens (tertiary/aromatic N) is 3. The summed E-state index contributed by atoms with van der Waals surface area (Å²) in [5, 5.41) is 21.0. The predicted molar refractivity (Wildman–Crippen MR) is 165 cm³/mol. The van der Waals surface area contributed by atoms with Gasteiger partial charge in [-0.3, -0.25) is 14.5 Å². The summed E-state index contributed by atoms with van der Waals surface area (Å²) in [5.41, 5.74) is 1.88. The number of anilines is 1. The molecule has 2 aliphatic heterocycles. The highest BCUT2D eigenvalue weighted by Gasteiger charge is 2.48. The summed E-state index contributed by atoms with van der Waals surface area (Å²) in [6.07, 6.45) is 0.814. The first-order chi connectivity index (χ1) is 20.9. The molecule has 1 N–H and O–H groups in total. The van der Waals surface area contributed by atoms with Gasteiger partial charge in [0.15, 0.2) is 15.8 Å². The van der Waals surface area contributed by atoms with Crippen molar-refractivity contribution in [1.82, 2.24) is 10.2 Å². The van der Waals surface area contributed by atoms with Crippen LogP contribution in [-0.4, -0.2) is 46.8 Å². The van der Waals surface area contributed by atoms with Gasteiger partial charge in [-0.1, -0.05) is 65.9 Å². The predicted octanol–water partition coefficient (Wildman–Crippen LogP) is 6.67. The van der Waals surface area contributed by atoms with Crippen molar-refractivity contribution < 1.29 is 28.9 Å². The molecule has 0 spiro atoms. The number of thioether (sulfide) groups is 1. The topological polar surface area (TPSA) is 111 Å². The van der Waals surface area contributed by atoms with Crippen molar-refractivity contribution in [1.29, 1.82) is 0 Å². The zero-order valence-electron chi connectivity index (χ0n) is 23.0. The monoisotopic (exact) mass is 635 g/mol. The van der Waals surface area contributed by atoms with Crippen LogP contribution in [0.1, 0.15) is 36.1 Å². The largest absolute Gasteiger partial charge is 0.507 e. The molecule has 0 bridgehead atoms. The minimum Gasteiger partial charge on any atom is -0.507 e. The SMILES string of the molecule is CCCOc1cccc([C@H]2/C(=C(\O)c3ccc4c(c3)OCCO4)C(=O)C(=O)N2c2nnc(SCc3ccc(Cl)cc3)s2)c1. The molecular weight excluding hydrogens is 610 g/mol. The summed E-state index contributed by atoms with van der Waals surface area (Å²) >= 11 is 8.66. The number of aromatic nitrogens is 2. The van der Waals surface area contributed by atoms with Crippen LogP contribution < -0.4 is 19.1 Å². The molecule has 6 rings (SSSR count). The van der Waals surface area contributed by atoms with Gasteiger partial charge in [-0.2, -0.15) is 0 Å². The molecule has 43 heavy (non-hydrogen) atoms. The molecule has 9 nitrogen and oxygen atoms in total. The third kappa shape index (κ3) is 6.06. The molecule has 1 saturated heterocycles. The lowest BCUT2D eigenvalue weighted by molar-refractivity contribution is -0.132. The zero-order chi connectivity index (χ0) is 29.9. The molecule has 12 heteroatoms. The van der Waals surface area contributed by atoms with Gasteiger partial charge in [0.2, 0.25) is 5.13 Å². The second-order valence-corrected chi connectivity index (χ2v) is 12.3. The number of aliphatic hydroxyl groups is 1. The van der Waals surface area contributed by atoms with Crippen LogP contribution in [0.5, 0.6) is 17.2 Å². The van der Waals surface area contributed by atoms with Gasteiger partial charge < -0.3 is 19.3 Å². The molecule has 0 saturated carbocycles. The average Bonchev–Trinajstić information content (AvgIpc) is 3.61. The third-order valence-corrected chi connectivity index (χ3v) is 9.16. The Kier molecular flexibility index (Phi) is 8.55. The molecule has 4 aromatic rings. The summed E-state index contributed by atoms with van der Waals surface area (Å²) < 4.78 is 17.7. The Morgan fingerprint density at radius 2 is 1.86 bits per heavy atom. The van der Waals surface area contributed by atoms with Crippen molar-refractivity contribution >= 4 is 57.3 Å². The van der Waals surface area contributed by atoms with Gasteiger partial charge >= 0.3 is 5.91 Å². The van der Waals surface area contributed by atoms with E-state index in [2.05, 4.69) is 10.2 Å². The van der Waals surface area contributed by atoms with E-state index in [0.717, 1.165) is 12.0 Å². The number of halogens is 1. The number of aliphatic hydroxyl groups excluding tert-OH is 1. The van der Waals surface area contributed by atoms with E-state index in [1.54, 1.807) is 36.4 Å². The summed E-state index contributed by atoms with van der Waals surface area (Å²) in [7, 11) is 0. The Labute approximate surface area is 261 Å². The lowest BCUT2D eigenvalue weighted by atomic mass is 9.95. The smallest absolute Gasteiger partial charge is 0.301 e. The highest BCUT2D eigenvalue weighted by molar-refractivity contribution is 8.00. The molecule has 2 aliphatic rings. The van der Waals surface area contributed by atoms with Crippen LogP contribution in [0, 0.1) is 0 Å². The molecule has 220 valence electrons.